The van der Waals surface area contributed by atoms with Gasteiger partial charge in [0.15, 0.2) is 6.61 Å². The molecule has 0 bridgehead atoms. The van der Waals surface area contributed by atoms with Crippen LogP contribution in [0.15, 0.2) is 41.8 Å². The third-order valence-electron chi connectivity index (χ3n) is 3.34. The van der Waals surface area contributed by atoms with Crippen LogP contribution >= 0.6 is 11.3 Å². The summed E-state index contributed by atoms with van der Waals surface area (Å²) in [5.41, 5.74) is 0.288. The maximum Gasteiger partial charge on any atom is 0.341 e. The summed E-state index contributed by atoms with van der Waals surface area (Å²) in [6.45, 7) is 4.22. The van der Waals surface area contributed by atoms with Gasteiger partial charge in [-0.05, 0) is 29.6 Å². The van der Waals surface area contributed by atoms with Gasteiger partial charge in [0.05, 0.1) is 0 Å². The summed E-state index contributed by atoms with van der Waals surface area (Å²) >= 11 is 1.66. The van der Waals surface area contributed by atoms with Gasteiger partial charge in [-0.1, -0.05) is 26.0 Å². The largest absolute Gasteiger partial charge is 0.482 e. The summed E-state index contributed by atoms with van der Waals surface area (Å²) in [5, 5.41) is 13.5. The van der Waals surface area contributed by atoms with Crippen molar-refractivity contribution in [1.82, 2.24) is 5.32 Å². The molecule has 0 spiro atoms. The molecule has 1 aromatic carbocycles. The van der Waals surface area contributed by atoms with Crippen molar-refractivity contribution in [3.63, 3.8) is 0 Å². The lowest BCUT2D eigenvalue weighted by Gasteiger charge is -2.23. The second-order valence-electron chi connectivity index (χ2n) is 5.75. The third kappa shape index (κ3) is 4.82. The zero-order valence-corrected chi connectivity index (χ0v) is 13.9. The van der Waals surface area contributed by atoms with Gasteiger partial charge in [-0.25, -0.2) is 4.79 Å². The molecule has 2 aromatic rings. The Morgan fingerprint density at radius 1 is 1.26 bits per heavy atom. The van der Waals surface area contributed by atoms with Crippen LogP contribution in [0.2, 0.25) is 0 Å². The maximum absolute atomic E-state index is 12.3. The summed E-state index contributed by atoms with van der Waals surface area (Å²) < 4.78 is 5.08. The van der Waals surface area contributed by atoms with E-state index in [0.717, 1.165) is 0 Å². The quantitative estimate of drug-likeness (QED) is 0.817. The molecule has 1 aromatic heterocycles. The number of amides is 1. The lowest BCUT2D eigenvalue weighted by molar-refractivity contribution is -0.139. The summed E-state index contributed by atoms with van der Waals surface area (Å²) in [6, 6.07) is 10.5. The van der Waals surface area contributed by atoms with Gasteiger partial charge >= 0.3 is 5.97 Å². The fourth-order valence-electron chi connectivity index (χ4n) is 2.03. The van der Waals surface area contributed by atoms with Crippen LogP contribution in [0, 0.1) is 0 Å². The zero-order valence-electron chi connectivity index (χ0n) is 13.0. The Balaban J connectivity index is 1.98. The van der Waals surface area contributed by atoms with Crippen LogP contribution in [0.25, 0.3) is 0 Å². The number of rotatable bonds is 7. The minimum Gasteiger partial charge on any atom is -0.482 e. The third-order valence-corrected chi connectivity index (χ3v) is 4.57. The first-order valence-electron chi connectivity index (χ1n) is 7.15. The molecule has 0 fully saturated rings. The Labute approximate surface area is 138 Å². The highest BCUT2D eigenvalue weighted by atomic mass is 32.1. The molecule has 2 N–H and O–H groups in total. The molecule has 0 aliphatic heterocycles. The van der Waals surface area contributed by atoms with E-state index in [0.29, 0.717) is 17.9 Å². The summed E-state index contributed by atoms with van der Waals surface area (Å²) in [7, 11) is 0. The normalized spacial score (nSPS) is 11.0. The molecule has 0 unspecified atom stereocenters. The van der Waals surface area contributed by atoms with Crippen molar-refractivity contribution >= 4 is 23.2 Å². The number of carbonyl (C=O) groups excluding carboxylic acids is 1. The van der Waals surface area contributed by atoms with E-state index in [2.05, 4.69) is 25.2 Å². The first kappa shape index (κ1) is 17.0. The molecule has 23 heavy (non-hydrogen) atoms. The first-order valence-corrected chi connectivity index (χ1v) is 8.03. The van der Waals surface area contributed by atoms with Crippen molar-refractivity contribution in [1.29, 1.82) is 0 Å². The van der Waals surface area contributed by atoms with E-state index in [1.807, 2.05) is 11.4 Å². The van der Waals surface area contributed by atoms with Crippen molar-refractivity contribution in [3.8, 4) is 5.75 Å². The number of carbonyl (C=O) groups is 2. The van der Waals surface area contributed by atoms with Crippen molar-refractivity contribution < 1.29 is 19.4 Å². The predicted molar refractivity (Wildman–Crippen MR) is 89.3 cm³/mol. The number of ether oxygens (including phenoxy) is 1. The molecule has 5 nitrogen and oxygen atoms in total. The van der Waals surface area contributed by atoms with E-state index in [4.69, 9.17) is 9.84 Å². The smallest absolute Gasteiger partial charge is 0.341 e. The highest BCUT2D eigenvalue weighted by molar-refractivity contribution is 7.10. The molecule has 0 aliphatic carbocycles. The van der Waals surface area contributed by atoms with E-state index >= 15 is 0 Å². The van der Waals surface area contributed by atoms with Crippen LogP contribution in [0.4, 0.5) is 0 Å². The highest BCUT2D eigenvalue weighted by Gasteiger charge is 2.22. The molecular weight excluding hydrogens is 314 g/mol. The van der Waals surface area contributed by atoms with E-state index in [1.54, 1.807) is 29.5 Å². The fraction of sp³-hybridized carbons (Fsp3) is 0.294. The Morgan fingerprint density at radius 2 is 2.04 bits per heavy atom. The SMILES string of the molecule is CC(C)(CNC(=O)c1cccc(OCC(=O)O)c1)c1cccs1. The van der Waals surface area contributed by atoms with Crippen LogP contribution in [0.3, 0.4) is 0 Å². The van der Waals surface area contributed by atoms with E-state index in [9.17, 15) is 9.59 Å². The molecule has 0 saturated heterocycles. The molecule has 0 radical (unpaired) electrons. The van der Waals surface area contributed by atoms with Crippen molar-refractivity contribution in [2.45, 2.75) is 19.3 Å². The van der Waals surface area contributed by atoms with Gasteiger partial charge in [0, 0.05) is 22.4 Å². The van der Waals surface area contributed by atoms with Gasteiger partial charge < -0.3 is 15.2 Å². The molecule has 0 atom stereocenters. The summed E-state index contributed by atoms with van der Waals surface area (Å²) in [4.78, 5) is 24.0. The topological polar surface area (TPSA) is 75.6 Å². The van der Waals surface area contributed by atoms with Crippen molar-refractivity contribution in [2.75, 3.05) is 13.2 Å². The number of thiophene rings is 1. The average molecular weight is 333 g/mol. The number of hydrogen-bond acceptors (Lipinski definition) is 4. The average Bonchev–Trinajstić information content (AvgIpc) is 3.06. The van der Waals surface area contributed by atoms with E-state index in [-0.39, 0.29) is 11.3 Å². The molecular formula is C17H19NO4S. The maximum atomic E-state index is 12.3. The van der Waals surface area contributed by atoms with E-state index in [1.165, 1.54) is 10.9 Å². The second kappa shape index (κ2) is 7.28. The number of carboxylic acids is 1. The van der Waals surface area contributed by atoms with E-state index < -0.39 is 12.6 Å². The fourth-order valence-corrected chi connectivity index (χ4v) is 2.88. The van der Waals surface area contributed by atoms with Crippen molar-refractivity contribution in [3.05, 3.63) is 52.2 Å². The van der Waals surface area contributed by atoms with Gasteiger partial charge in [0.25, 0.3) is 5.91 Å². The van der Waals surface area contributed by atoms with Gasteiger partial charge in [0.2, 0.25) is 0 Å². The van der Waals surface area contributed by atoms with Crippen LogP contribution in [0.1, 0.15) is 29.1 Å². The Morgan fingerprint density at radius 3 is 2.70 bits per heavy atom. The monoisotopic (exact) mass is 333 g/mol. The Bertz CT molecular complexity index is 680. The molecule has 2 rings (SSSR count). The van der Waals surface area contributed by atoms with Crippen LogP contribution in [-0.4, -0.2) is 30.1 Å². The van der Waals surface area contributed by atoms with Gasteiger partial charge in [-0.2, -0.15) is 0 Å². The summed E-state index contributed by atoms with van der Waals surface area (Å²) in [5.74, 6) is -0.912. The number of benzene rings is 1. The van der Waals surface area contributed by atoms with Gasteiger partial charge in [0.1, 0.15) is 5.75 Å². The first-order chi connectivity index (χ1) is 10.9. The summed E-state index contributed by atoms with van der Waals surface area (Å²) in [6.07, 6.45) is 0. The number of carboxylic acid groups (broad SMARTS) is 1. The lowest BCUT2D eigenvalue weighted by atomic mass is 9.91. The standard InChI is InChI=1S/C17H19NO4S/c1-17(2,14-7-4-8-23-14)11-18-16(21)12-5-3-6-13(9-12)22-10-15(19)20/h3-9H,10-11H2,1-2H3,(H,18,21)(H,19,20). The number of hydrogen-bond donors (Lipinski definition) is 2. The minimum atomic E-state index is -1.06. The molecule has 1 heterocycles. The zero-order chi connectivity index (χ0) is 16.9. The highest BCUT2D eigenvalue weighted by Crippen LogP contribution is 2.26. The number of nitrogens with one attached hydrogen (secondary N) is 1. The second-order valence-corrected chi connectivity index (χ2v) is 6.70. The van der Waals surface area contributed by atoms with Gasteiger partial charge in [-0.15, -0.1) is 11.3 Å². The van der Waals surface area contributed by atoms with Crippen LogP contribution < -0.4 is 10.1 Å². The Hall–Kier alpha value is -2.34. The molecule has 0 saturated carbocycles. The predicted octanol–water partition coefficient (Wildman–Crippen LogP) is 2.92. The molecule has 122 valence electrons. The molecule has 1 amide bonds. The Kier molecular flexibility index (Phi) is 5.39. The molecule has 6 heteroatoms. The van der Waals surface area contributed by atoms with Crippen LogP contribution in [-0.2, 0) is 10.2 Å². The minimum absolute atomic E-state index is 0.152. The molecule has 0 aliphatic rings. The van der Waals surface area contributed by atoms with Gasteiger partial charge in [-0.3, -0.25) is 4.79 Å². The number of aliphatic carboxylic acids is 1. The lowest BCUT2D eigenvalue weighted by Crippen LogP contribution is -2.36. The van der Waals surface area contributed by atoms with Crippen molar-refractivity contribution in [2.24, 2.45) is 0 Å². The van der Waals surface area contributed by atoms with Crippen LogP contribution in [0.5, 0.6) is 5.75 Å².